The summed E-state index contributed by atoms with van der Waals surface area (Å²) in [5, 5.41) is 3.62. The van der Waals surface area contributed by atoms with Gasteiger partial charge in [0, 0.05) is 35.3 Å². The Bertz CT molecular complexity index is 820. The molecular weight excluding hydrogens is 372 g/mol. The van der Waals surface area contributed by atoms with Crippen molar-refractivity contribution in [3.63, 3.8) is 0 Å². The Labute approximate surface area is 171 Å². The van der Waals surface area contributed by atoms with E-state index in [0.29, 0.717) is 28.7 Å². The smallest absolute Gasteiger partial charge is 0.254 e. The zero-order chi connectivity index (χ0) is 19.9. The highest BCUT2D eigenvalue weighted by Gasteiger charge is 2.26. The molecule has 2 amide bonds. The Kier molecular flexibility index (Phi) is 7.10. The second-order valence-electron chi connectivity index (χ2n) is 7.27. The molecule has 148 valence electrons. The third kappa shape index (κ3) is 5.14. The van der Waals surface area contributed by atoms with E-state index in [9.17, 15) is 9.59 Å². The molecule has 1 N–H and O–H groups in total. The van der Waals surface area contributed by atoms with Gasteiger partial charge >= 0.3 is 0 Å². The average Bonchev–Trinajstić information content (AvgIpc) is 2.73. The molecule has 0 bridgehead atoms. The summed E-state index contributed by atoms with van der Waals surface area (Å²) in [5.41, 5.74) is 2.30. The number of hydrogen-bond acceptors (Lipinski definition) is 2. The van der Waals surface area contributed by atoms with Crippen molar-refractivity contribution >= 4 is 23.4 Å². The van der Waals surface area contributed by atoms with Crippen LogP contribution in [0.2, 0.25) is 5.02 Å². The summed E-state index contributed by atoms with van der Waals surface area (Å²) in [4.78, 5) is 27.2. The first-order valence-corrected chi connectivity index (χ1v) is 10.4. The van der Waals surface area contributed by atoms with E-state index in [-0.39, 0.29) is 11.8 Å². The summed E-state index contributed by atoms with van der Waals surface area (Å²) in [6, 6.07) is 14.9. The Balaban J connectivity index is 1.55. The molecule has 1 aliphatic heterocycles. The molecule has 3 rings (SSSR count). The zero-order valence-corrected chi connectivity index (χ0v) is 17.0. The normalized spacial score (nSPS) is 16.6. The highest BCUT2D eigenvalue weighted by Crippen LogP contribution is 2.22. The summed E-state index contributed by atoms with van der Waals surface area (Å²) in [6.07, 6.45) is 5.04. The summed E-state index contributed by atoms with van der Waals surface area (Å²) < 4.78 is 0. The molecule has 1 heterocycles. The number of likely N-dealkylation sites (tertiary alicyclic amines) is 1. The quantitative estimate of drug-likeness (QED) is 0.765. The van der Waals surface area contributed by atoms with Crippen molar-refractivity contribution in [2.24, 2.45) is 0 Å². The van der Waals surface area contributed by atoms with Gasteiger partial charge < -0.3 is 10.2 Å². The maximum absolute atomic E-state index is 12.8. The van der Waals surface area contributed by atoms with Gasteiger partial charge in [-0.2, -0.15) is 0 Å². The maximum atomic E-state index is 12.8. The Morgan fingerprint density at radius 2 is 1.86 bits per heavy atom. The van der Waals surface area contributed by atoms with Crippen LogP contribution in [-0.4, -0.2) is 35.8 Å². The third-order valence-electron chi connectivity index (χ3n) is 5.34. The lowest BCUT2D eigenvalue weighted by Crippen LogP contribution is -2.43. The molecular formula is C23H27ClN2O2. The van der Waals surface area contributed by atoms with Gasteiger partial charge in [-0.1, -0.05) is 30.7 Å². The van der Waals surface area contributed by atoms with E-state index >= 15 is 0 Å². The molecule has 0 spiro atoms. The number of carbonyl (C=O) groups is 2. The lowest BCUT2D eigenvalue weighted by molar-refractivity contribution is 0.0607. The van der Waals surface area contributed by atoms with Crippen LogP contribution in [0.3, 0.4) is 0 Å². The van der Waals surface area contributed by atoms with E-state index < -0.39 is 0 Å². The van der Waals surface area contributed by atoms with Crippen molar-refractivity contribution in [3.05, 3.63) is 70.2 Å². The number of rotatable bonds is 6. The van der Waals surface area contributed by atoms with Gasteiger partial charge in [0.2, 0.25) is 0 Å². The fraction of sp³-hybridized carbons (Fsp3) is 0.391. The van der Waals surface area contributed by atoms with Crippen molar-refractivity contribution < 1.29 is 9.59 Å². The number of piperidine rings is 1. The number of halogens is 1. The first-order valence-electron chi connectivity index (χ1n) is 10.0. The molecule has 1 atom stereocenters. The Morgan fingerprint density at radius 3 is 2.57 bits per heavy atom. The SMILES string of the molecule is CCC1CCCCN1C(=O)c1ccc(C(=O)NCCc2cccc(Cl)c2)cc1. The number of nitrogens with zero attached hydrogens (tertiary/aromatic N) is 1. The van der Waals surface area contributed by atoms with Crippen LogP contribution >= 0.6 is 11.6 Å². The van der Waals surface area contributed by atoms with Gasteiger partial charge in [0.15, 0.2) is 0 Å². The first-order chi connectivity index (χ1) is 13.6. The van der Waals surface area contributed by atoms with Crippen LogP contribution in [-0.2, 0) is 6.42 Å². The van der Waals surface area contributed by atoms with Gasteiger partial charge in [-0.3, -0.25) is 9.59 Å². The molecule has 28 heavy (non-hydrogen) atoms. The minimum atomic E-state index is -0.134. The Morgan fingerprint density at radius 1 is 1.11 bits per heavy atom. The van der Waals surface area contributed by atoms with E-state index in [0.717, 1.165) is 37.8 Å². The zero-order valence-electron chi connectivity index (χ0n) is 16.3. The van der Waals surface area contributed by atoms with E-state index in [4.69, 9.17) is 11.6 Å². The molecule has 1 unspecified atom stereocenters. The fourth-order valence-corrected chi connectivity index (χ4v) is 3.95. The molecule has 1 aliphatic rings. The molecule has 1 saturated heterocycles. The molecule has 5 heteroatoms. The van der Waals surface area contributed by atoms with E-state index in [1.807, 2.05) is 29.2 Å². The minimum Gasteiger partial charge on any atom is -0.352 e. The van der Waals surface area contributed by atoms with Gasteiger partial charge in [0.25, 0.3) is 11.8 Å². The molecule has 0 aliphatic carbocycles. The number of benzene rings is 2. The van der Waals surface area contributed by atoms with Crippen LogP contribution in [0.4, 0.5) is 0 Å². The second kappa shape index (κ2) is 9.74. The van der Waals surface area contributed by atoms with E-state index in [1.165, 1.54) is 6.42 Å². The summed E-state index contributed by atoms with van der Waals surface area (Å²) in [7, 11) is 0. The largest absolute Gasteiger partial charge is 0.352 e. The van der Waals surface area contributed by atoms with Crippen LogP contribution in [0.5, 0.6) is 0 Å². The van der Waals surface area contributed by atoms with Crippen molar-refractivity contribution in [1.29, 1.82) is 0 Å². The van der Waals surface area contributed by atoms with Crippen LogP contribution < -0.4 is 5.32 Å². The predicted molar refractivity (Wildman–Crippen MR) is 113 cm³/mol. The number of hydrogen-bond donors (Lipinski definition) is 1. The molecule has 0 saturated carbocycles. The molecule has 1 fully saturated rings. The van der Waals surface area contributed by atoms with Crippen LogP contribution in [0, 0.1) is 0 Å². The highest BCUT2D eigenvalue weighted by atomic mass is 35.5. The maximum Gasteiger partial charge on any atom is 0.254 e. The highest BCUT2D eigenvalue weighted by molar-refractivity contribution is 6.30. The lowest BCUT2D eigenvalue weighted by Gasteiger charge is -2.35. The van der Waals surface area contributed by atoms with Crippen molar-refractivity contribution in [2.75, 3.05) is 13.1 Å². The van der Waals surface area contributed by atoms with Gasteiger partial charge in [-0.15, -0.1) is 0 Å². The summed E-state index contributed by atoms with van der Waals surface area (Å²) in [6.45, 7) is 3.49. The summed E-state index contributed by atoms with van der Waals surface area (Å²) >= 11 is 5.98. The van der Waals surface area contributed by atoms with Crippen LogP contribution in [0.25, 0.3) is 0 Å². The lowest BCUT2D eigenvalue weighted by atomic mass is 9.98. The van der Waals surface area contributed by atoms with Crippen molar-refractivity contribution in [1.82, 2.24) is 10.2 Å². The second-order valence-corrected chi connectivity index (χ2v) is 7.71. The van der Waals surface area contributed by atoms with Gasteiger partial charge in [-0.05, 0) is 74.1 Å². The predicted octanol–water partition coefficient (Wildman–Crippen LogP) is 4.72. The molecule has 0 aromatic heterocycles. The van der Waals surface area contributed by atoms with E-state index in [1.54, 1.807) is 24.3 Å². The monoisotopic (exact) mass is 398 g/mol. The van der Waals surface area contributed by atoms with Crippen molar-refractivity contribution in [3.8, 4) is 0 Å². The summed E-state index contributed by atoms with van der Waals surface area (Å²) in [5.74, 6) is -0.0649. The fourth-order valence-electron chi connectivity index (χ4n) is 3.74. The van der Waals surface area contributed by atoms with Crippen LogP contribution in [0.1, 0.15) is 58.9 Å². The number of carbonyl (C=O) groups excluding carboxylic acids is 2. The first kappa shape index (κ1) is 20.4. The molecule has 4 nitrogen and oxygen atoms in total. The topological polar surface area (TPSA) is 49.4 Å². The number of amides is 2. The average molecular weight is 399 g/mol. The van der Waals surface area contributed by atoms with Crippen LogP contribution in [0.15, 0.2) is 48.5 Å². The minimum absolute atomic E-state index is 0.0689. The van der Waals surface area contributed by atoms with Gasteiger partial charge in [0.1, 0.15) is 0 Å². The van der Waals surface area contributed by atoms with Gasteiger partial charge in [0.05, 0.1) is 0 Å². The standard InChI is InChI=1S/C23H27ClN2O2/c1-2-21-8-3-4-15-26(21)23(28)19-11-9-18(10-12-19)22(27)25-14-13-17-6-5-7-20(24)16-17/h5-7,9-12,16,21H,2-4,8,13-15H2,1H3,(H,25,27). The number of nitrogens with one attached hydrogen (secondary N) is 1. The third-order valence-corrected chi connectivity index (χ3v) is 5.58. The van der Waals surface area contributed by atoms with E-state index in [2.05, 4.69) is 12.2 Å². The Hall–Kier alpha value is -2.33. The molecule has 2 aromatic rings. The molecule has 0 radical (unpaired) electrons. The van der Waals surface area contributed by atoms with Crippen molar-refractivity contribution in [2.45, 2.75) is 45.1 Å². The van der Waals surface area contributed by atoms with Gasteiger partial charge in [-0.25, -0.2) is 0 Å². The molecule has 2 aromatic carbocycles.